The van der Waals surface area contributed by atoms with E-state index in [4.69, 9.17) is 4.74 Å². The van der Waals surface area contributed by atoms with Gasteiger partial charge in [-0.25, -0.2) is 0 Å². The lowest BCUT2D eigenvalue weighted by Gasteiger charge is -2.13. The average molecular weight is 275 g/mol. The minimum absolute atomic E-state index is 0.273. The first kappa shape index (κ1) is 14.1. The highest BCUT2D eigenvalue weighted by Crippen LogP contribution is 2.16. The van der Waals surface area contributed by atoms with E-state index in [0.29, 0.717) is 0 Å². The zero-order chi connectivity index (χ0) is 13.5. The zero-order valence-electron chi connectivity index (χ0n) is 11.6. The number of benzene rings is 1. The second-order valence-electron chi connectivity index (χ2n) is 4.67. The van der Waals surface area contributed by atoms with Crippen molar-refractivity contribution >= 4 is 11.3 Å². The van der Waals surface area contributed by atoms with Crippen molar-refractivity contribution in [3.8, 4) is 5.75 Å². The maximum absolute atomic E-state index is 5.83. The molecule has 0 spiro atoms. The Labute approximate surface area is 119 Å². The fourth-order valence-electron chi connectivity index (χ4n) is 1.79. The van der Waals surface area contributed by atoms with Crippen LogP contribution in [0.3, 0.4) is 0 Å². The summed E-state index contributed by atoms with van der Waals surface area (Å²) in [5.74, 6) is 0.963. The van der Waals surface area contributed by atoms with Gasteiger partial charge >= 0.3 is 0 Å². The summed E-state index contributed by atoms with van der Waals surface area (Å²) in [6, 6.07) is 12.6. The van der Waals surface area contributed by atoms with Crippen molar-refractivity contribution in [2.24, 2.45) is 0 Å². The van der Waals surface area contributed by atoms with Crippen LogP contribution in [-0.4, -0.2) is 6.10 Å². The molecule has 2 aromatic rings. The lowest BCUT2D eigenvalue weighted by molar-refractivity contribution is 0.217. The second-order valence-corrected chi connectivity index (χ2v) is 5.70. The number of hydrogen-bond acceptors (Lipinski definition) is 3. The molecule has 0 fully saturated rings. The predicted molar refractivity (Wildman–Crippen MR) is 81.7 cm³/mol. The van der Waals surface area contributed by atoms with Gasteiger partial charge in [0, 0.05) is 18.0 Å². The summed E-state index contributed by atoms with van der Waals surface area (Å²) in [5.41, 5.74) is 1.26. The molecule has 1 aromatic carbocycles. The normalized spacial score (nSPS) is 12.3. The molecule has 2 rings (SSSR count). The van der Waals surface area contributed by atoms with E-state index >= 15 is 0 Å². The smallest absolute Gasteiger partial charge is 0.120 e. The lowest BCUT2D eigenvalue weighted by Crippen LogP contribution is -2.13. The molecule has 0 aliphatic heterocycles. The maximum atomic E-state index is 5.83. The summed E-state index contributed by atoms with van der Waals surface area (Å²) < 4.78 is 5.83. The molecule has 0 aliphatic rings. The highest BCUT2D eigenvalue weighted by Gasteiger charge is 2.02. The number of thiophene rings is 1. The fraction of sp³-hybridized carbons (Fsp3) is 0.375. The van der Waals surface area contributed by atoms with E-state index in [1.807, 2.05) is 6.07 Å². The van der Waals surface area contributed by atoms with Gasteiger partial charge in [0.1, 0.15) is 5.75 Å². The quantitative estimate of drug-likeness (QED) is 0.817. The Morgan fingerprint density at radius 1 is 1.21 bits per heavy atom. The number of nitrogens with one attached hydrogen (secondary N) is 1. The van der Waals surface area contributed by atoms with E-state index in [1.54, 1.807) is 11.3 Å². The molecule has 1 N–H and O–H groups in total. The highest BCUT2D eigenvalue weighted by molar-refractivity contribution is 7.09. The summed E-state index contributed by atoms with van der Waals surface area (Å²) in [4.78, 5) is 1.37. The van der Waals surface area contributed by atoms with E-state index in [0.717, 1.165) is 25.3 Å². The number of hydrogen-bond donors (Lipinski definition) is 1. The van der Waals surface area contributed by atoms with Crippen LogP contribution in [0.4, 0.5) is 0 Å². The summed E-state index contributed by atoms with van der Waals surface area (Å²) >= 11 is 1.79. The van der Waals surface area contributed by atoms with Gasteiger partial charge in [-0.2, -0.15) is 0 Å². The Morgan fingerprint density at radius 2 is 2.11 bits per heavy atom. The van der Waals surface area contributed by atoms with Crippen LogP contribution in [0.25, 0.3) is 0 Å². The molecule has 1 aromatic heterocycles. The van der Waals surface area contributed by atoms with Gasteiger partial charge in [0.15, 0.2) is 0 Å². The molecular formula is C16H21NOS. The van der Waals surface area contributed by atoms with Crippen LogP contribution in [0.15, 0.2) is 41.8 Å². The van der Waals surface area contributed by atoms with E-state index < -0.39 is 0 Å². The third kappa shape index (κ3) is 4.69. The summed E-state index contributed by atoms with van der Waals surface area (Å²) in [6.45, 7) is 6.03. The Morgan fingerprint density at radius 3 is 2.84 bits per heavy atom. The monoisotopic (exact) mass is 275 g/mol. The first-order chi connectivity index (χ1) is 9.28. The minimum atomic E-state index is 0.273. The van der Waals surface area contributed by atoms with Crippen molar-refractivity contribution in [2.45, 2.75) is 39.5 Å². The van der Waals surface area contributed by atoms with Gasteiger partial charge in [0.2, 0.25) is 0 Å². The van der Waals surface area contributed by atoms with Crippen LogP contribution in [-0.2, 0) is 13.1 Å². The van der Waals surface area contributed by atoms with E-state index in [9.17, 15) is 0 Å². The molecule has 1 unspecified atom stereocenters. The maximum Gasteiger partial charge on any atom is 0.120 e. The van der Waals surface area contributed by atoms with Crippen LogP contribution in [0.1, 0.15) is 30.7 Å². The molecule has 0 radical (unpaired) electrons. The molecular weight excluding hydrogens is 254 g/mol. The molecule has 2 nitrogen and oxygen atoms in total. The molecule has 3 heteroatoms. The molecule has 0 aliphatic carbocycles. The van der Waals surface area contributed by atoms with Gasteiger partial charge in [-0.1, -0.05) is 25.1 Å². The molecule has 19 heavy (non-hydrogen) atoms. The van der Waals surface area contributed by atoms with Gasteiger partial charge in [0.05, 0.1) is 6.10 Å². The Kier molecular flexibility index (Phi) is 5.43. The van der Waals surface area contributed by atoms with Crippen molar-refractivity contribution < 1.29 is 4.74 Å². The van der Waals surface area contributed by atoms with Gasteiger partial charge in [0.25, 0.3) is 0 Å². The van der Waals surface area contributed by atoms with Gasteiger partial charge in [-0.05, 0) is 42.5 Å². The van der Waals surface area contributed by atoms with Crippen molar-refractivity contribution in [3.05, 3.63) is 52.2 Å². The van der Waals surface area contributed by atoms with Crippen LogP contribution in [0.2, 0.25) is 0 Å². The molecule has 0 amide bonds. The molecule has 1 heterocycles. The van der Waals surface area contributed by atoms with Crippen molar-refractivity contribution in [1.29, 1.82) is 0 Å². The molecule has 0 saturated heterocycles. The minimum Gasteiger partial charge on any atom is -0.491 e. The zero-order valence-corrected chi connectivity index (χ0v) is 12.4. The lowest BCUT2D eigenvalue weighted by atomic mass is 10.2. The highest BCUT2D eigenvalue weighted by atomic mass is 32.1. The van der Waals surface area contributed by atoms with E-state index in [-0.39, 0.29) is 6.10 Å². The van der Waals surface area contributed by atoms with Crippen LogP contribution in [0.5, 0.6) is 5.75 Å². The Hall–Kier alpha value is -1.32. The summed E-state index contributed by atoms with van der Waals surface area (Å²) in [5, 5.41) is 5.56. The molecule has 0 saturated carbocycles. The summed E-state index contributed by atoms with van der Waals surface area (Å²) in [6.07, 6.45) is 1.30. The fourth-order valence-corrected chi connectivity index (χ4v) is 2.46. The molecule has 0 bridgehead atoms. The van der Waals surface area contributed by atoms with Crippen molar-refractivity contribution in [3.63, 3.8) is 0 Å². The van der Waals surface area contributed by atoms with Gasteiger partial charge in [-0.15, -0.1) is 11.3 Å². The van der Waals surface area contributed by atoms with E-state index in [1.165, 1.54) is 10.4 Å². The van der Waals surface area contributed by atoms with E-state index in [2.05, 4.69) is 54.9 Å². The van der Waals surface area contributed by atoms with Crippen molar-refractivity contribution in [1.82, 2.24) is 5.32 Å². The number of rotatable bonds is 7. The standard InChI is InChI=1S/C16H21NOS/c1-3-13(2)18-15-7-4-6-14(10-15)11-17-12-16-8-5-9-19-16/h4-10,13,17H,3,11-12H2,1-2H3. The van der Waals surface area contributed by atoms with Crippen LogP contribution >= 0.6 is 11.3 Å². The van der Waals surface area contributed by atoms with Crippen LogP contribution < -0.4 is 10.1 Å². The SMILES string of the molecule is CCC(C)Oc1cccc(CNCc2cccs2)c1. The number of ether oxygens (including phenoxy) is 1. The second kappa shape index (κ2) is 7.31. The topological polar surface area (TPSA) is 21.3 Å². The Bertz CT molecular complexity index is 481. The molecule has 102 valence electrons. The third-order valence-corrected chi connectivity index (χ3v) is 3.90. The Balaban J connectivity index is 1.84. The summed E-state index contributed by atoms with van der Waals surface area (Å²) in [7, 11) is 0. The van der Waals surface area contributed by atoms with Crippen LogP contribution in [0, 0.1) is 0 Å². The van der Waals surface area contributed by atoms with Gasteiger partial charge < -0.3 is 10.1 Å². The largest absolute Gasteiger partial charge is 0.491 e. The predicted octanol–water partition coefficient (Wildman–Crippen LogP) is 4.22. The first-order valence-electron chi connectivity index (χ1n) is 6.76. The van der Waals surface area contributed by atoms with Crippen molar-refractivity contribution in [2.75, 3.05) is 0 Å². The molecule has 1 atom stereocenters. The third-order valence-electron chi connectivity index (χ3n) is 3.02. The van der Waals surface area contributed by atoms with Gasteiger partial charge in [-0.3, -0.25) is 0 Å². The first-order valence-corrected chi connectivity index (χ1v) is 7.64. The average Bonchev–Trinajstić information content (AvgIpc) is 2.92.